The summed E-state index contributed by atoms with van der Waals surface area (Å²) in [6, 6.07) is 11.5. The number of esters is 1. The third-order valence-electron chi connectivity index (χ3n) is 3.87. The van der Waals surface area contributed by atoms with Crippen LogP contribution in [0.25, 0.3) is 0 Å². The molecule has 9 heteroatoms. The first-order valence-corrected chi connectivity index (χ1v) is 9.86. The molecule has 1 atom stereocenters. The molecule has 0 saturated carbocycles. The van der Waals surface area contributed by atoms with E-state index in [2.05, 4.69) is 4.72 Å². The van der Waals surface area contributed by atoms with Crippen molar-refractivity contribution in [3.8, 4) is 0 Å². The molecule has 150 valence electrons. The number of ether oxygens (including phenoxy) is 1. The lowest BCUT2D eigenvalue weighted by Gasteiger charge is -2.11. The molecule has 0 bridgehead atoms. The van der Waals surface area contributed by atoms with Crippen LogP contribution in [-0.4, -0.2) is 51.0 Å². The van der Waals surface area contributed by atoms with Gasteiger partial charge in [0, 0.05) is 19.8 Å². The smallest absolute Gasteiger partial charge is 0.338 e. The van der Waals surface area contributed by atoms with Gasteiger partial charge in [0.1, 0.15) is 0 Å². The zero-order chi connectivity index (χ0) is 20.9. The molecule has 0 aliphatic rings. The fourth-order valence-electron chi connectivity index (χ4n) is 2.15. The summed E-state index contributed by atoms with van der Waals surface area (Å²) in [6.07, 6.45) is -0.690. The van der Waals surface area contributed by atoms with Crippen LogP contribution >= 0.6 is 0 Å². The van der Waals surface area contributed by atoms with E-state index >= 15 is 0 Å². The van der Waals surface area contributed by atoms with E-state index in [1.807, 2.05) is 0 Å². The lowest BCUT2D eigenvalue weighted by atomic mass is 10.1. The molecule has 8 nitrogen and oxygen atoms in total. The van der Waals surface area contributed by atoms with Gasteiger partial charge in [0.05, 0.1) is 16.6 Å². The molecule has 28 heavy (non-hydrogen) atoms. The van der Waals surface area contributed by atoms with Gasteiger partial charge in [-0.25, -0.2) is 13.2 Å². The number of carbonyl (C=O) groups excluding carboxylic acids is 2. The number of aliphatic hydroxyl groups is 1. The van der Waals surface area contributed by atoms with Crippen LogP contribution in [0.3, 0.4) is 0 Å². The Bertz CT molecular complexity index is 935. The predicted octanol–water partition coefficient (Wildman–Crippen LogP) is 1.79. The van der Waals surface area contributed by atoms with E-state index in [0.717, 1.165) is 0 Å². The van der Waals surface area contributed by atoms with Gasteiger partial charge in [0.25, 0.3) is 15.9 Å². The van der Waals surface area contributed by atoms with Gasteiger partial charge in [-0.1, -0.05) is 12.1 Å². The first-order valence-electron chi connectivity index (χ1n) is 8.38. The normalized spacial score (nSPS) is 12.1. The van der Waals surface area contributed by atoms with Crippen molar-refractivity contribution in [2.45, 2.75) is 17.9 Å². The zero-order valence-corrected chi connectivity index (χ0v) is 16.6. The van der Waals surface area contributed by atoms with E-state index in [4.69, 9.17) is 4.74 Å². The fraction of sp³-hybridized carbons (Fsp3) is 0.263. The molecule has 0 aliphatic heterocycles. The highest BCUT2D eigenvalue weighted by molar-refractivity contribution is 7.92. The van der Waals surface area contributed by atoms with E-state index in [-0.39, 0.29) is 28.7 Å². The Balaban J connectivity index is 2.04. The van der Waals surface area contributed by atoms with Gasteiger partial charge in [-0.2, -0.15) is 0 Å². The average molecular weight is 406 g/mol. The number of sulfonamides is 1. The minimum atomic E-state index is -3.82. The van der Waals surface area contributed by atoms with Crippen molar-refractivity contribution in [1.29, 1.82) is 0 Å². The number of aliphatic hydroxyl groups excluding tert-OH is 1. The largest absolute Gasteiger partial charge is 0.452 e. The molecule has 0 fully saturated rings. The van der Waals surface area contributed by atoms with Crippen molar-refractivity contribution < 1.29 is 27.9 Å². The molecule has 0 radical (unpaired) electrons. The lowest BCUT2D eigenvalue weighted by Crippen LogP contribution is -2.27. The van der Waals surface area contributed by atoms with Crippen molar-refractivity contribution in [3.05, 3.63) is 59.7 Å². The summed E-state index contributed by atoms with van der Waals surface area (Å²) in [4.78, 5) is 24.7. The molecule has 2 aromatic rings. The Morgan fingerprint density at radius 2 is 1.64 bits per heavy atom. The van der Waals surface area contributed by atoms with Gasteiger partial charge < -0.3 is 14.7 Å². The maximum Gasteiger partial charge on any atom is 0.338 e. The Morgan fingerprint density at radius 1 is 1.07 bits per heavy atom. The molecule has 2 N–H and O–H groups in total. The molecule has 0 spiro atoms. The Morgan fingerprint density at radius 3 is 2.14 bits per heavy atom. The van der Waals surface area contributed by atoms with Crippen molar-refractivity contribution >= 4 is 27.6 Å². The van der Waals surface area contributed by atoms with E-state index in [9.17, 15) is 23.1 Å². The number of nitrogens with one attached hydrogen (secondary N) is 1. The van der Waals surface area contributed by atoms with Gasteiger partial charge in [0.15, 0.2) is 6.61 Å². The molecule has 0 saturated heterocycles. The highest BCUT2D eigenvalue weighted by Gasteiger charge is 2.16. The molecule has 2 aromatic carbocycles. The Hall–Kier alpha value is -2.91. The molecular weight excluding hydrogens is 384 g/mol. The van der Waals surface area contributed by atoms with Crippen LogP contribution in [0.4, 0.5) is 5.69 Å². The number of hydrogen-bond donors (Lipinski definition) is 2. The second-order valence-electron chi connectivity index (χ2n) is 6.29. The lowest BCUT2D eigenvalue weighted by molar-refractivity contribution is -0.131. The van der Waals surface area contributed by atoms with Crippen LogP contribution in [0.5, 0.6) is 0 Å². The van der Waals surface area contributed by atoms with Gasteiger partial charge >= 0.3 is 5.97 Å². The summed E-state index contributed by atoms with van der Waals surface area (Å²) < 4.78 is 32.2. The predicted molar refractivity (Wildman–Crippen MR) is 103 cm³/mol. The van der Waals surface area contributed by atoms with E-state index in [0.29, 0.717) is 5.56 Å². The van der Waals surface area contributed by atoms with Crippen LogP contribution in [0.2, 0.25) is 0 Å². The van der Waals surface area contributed by atoms with Crippen molar-refractivity contribution in [1.82, 2.24) is 4.90 Å². The summed E-state index contributed by atoms with van der Waals surface area (Å²) in [5, 5.41) is 9.50. The minimum absolute atomic E-state index is 0.0441. The van der Waals surface area contributed by atoms with Gasteiger partial charge in [-0.05, 0) is 48.9 Å². The number of hydrogen-bond acceptors (Lipinski definition) is 6. The molecule has 0 aromatic heterocycles. The fourth-order valence-corrected chi connectivity index (χ4v) is 3.21. The number of likely N-dealkylation sites (N-methyl/N-ethyl adjacent to an activating group) is 1. The summed E-state index contributed by atoms with van der Waals surface area (Å²) in [7, 11) is -0.717. The second kappa shape index (κ2) is 8.85. The van der Waals surface area contributed by atoms with Crippen LogP contribution in [0.1, 0.15) is 28.9 Å². The summed E-state index contributed by atoms with van der Waals surface area (Å²) in [5.41, 5.74) is 1.06. The summed E-state index contributed by atoms with van der Waals surface area (Å²) in [5.74, 6) is -1.03. The quantitative estimate of drug-likeness (QED) is 0.678. The van der Waals surface area contributed by atoms with Gasteiger partial charge in [0.2, 0.25) is 0 Å². The second-order valence-corrected chi connectivity index (χ2v) is 7.97. The topological polar surface area (TPSA) is 113 Å². The highest BCUT2D eigenvalue weighted by atomic mass is 32.2. The monoisotopic (exact) mass is 406 g/mol. The van der Waals surface area contributed by atoms with Gasteiger partial charge in [-0.3, -0.25) is 9.52 Å². The third kappa shape index (κ3) is 5.54. The van der Waals surface area contributed by atoms with E-state index < -0.39 is 22.1 Å². The Kier molecular flexibility index (Phi) is 6.76. The number of carbonyl (C=O) groups is 2. The molecule has 2 rings (SSSR count). The van der Waals surface area contributed by atoms with Crippen molar-refractivity contribution in [2.75, 3.05) is 25.4 Å². The minimum Gasteiger partial charge on any atom is -0.452 e. The van der Waals surface area contributed by atoms with Gasteiger partial charge in [-0.15, -0.1) is 0 Å². The highest BCUT2D eigenvalue weighted by Crippen LogP contribution is 2.19. The molecule has 0 heterocycles. The standard InChI is InChI=1S/C19H22N2O6S/c1-13(22)14-6-10-17(11-7-14)28(25,26)20-16-8-4-15(5-9-16)19(24)27-12-18(23)21(2)3/h4-11,13,20,22H,12H2,1-3H3/t13-/m0/s1. The summed E-state index contributed by atoms with van der Waals surface area (Å²) >= 11 is 0. The van der Waals surface area contributed by atoms with Crippen LogP contribution < -0.4 is 4.72 Å². The Labute approximate surface area is 163 Å². The maximum atomic E-state index is 12.4. The summed E-state index contributed by atoms with van der Waals surface area (Å²) in [6.45, 7) is 1.22. The molecular formula is C19H22N2O6S. The third-order valence-corrected chi connectivity index (χ3v) is 5.27. The van der Waals surface area contributed by atoms with E-state index in [1.165, 1.54) is 53.4 Å². The maximum absolute atomic E-state index is 12.4. The average Bonchev–Trinajstić information content (AvgIpc) is 2.66. The van der Waals surface area contributed by atoms with E-state index in [1.54, 1.807) is 21.0 Å². The first kappa shape index (κ1) is 21.4. The van der Waals surface area contributed by atoms with Crippen LogP contribution in [-0.2, 0) is 19.6 Å². The number of nitrogens with zero attached hydrogens (tertiary/aromatic N) is 1. The number of amides is 1. The first-order chi connectivity index (χ1) is 13.1. The molecule has 0 unspecified atom stereocenters. The van der Waals surface area contributed by atoms with Crippen molar-refractivity contribution in [3.63, 3.8) is 0 Å². The SMILES string of the molecule is C[C@H](O)c1ccc(S(=O)(=O)Nc2ccc(C(=O)OCC(=O)N(C)C)cc2)cc1. The number of rotatable bonds is 7. The number of benzene rings is 2. The number of anilines is 1. The zero-order valence-electron chi connectivity index (χ0n) is 15.7. The van der Waals surface area contributed by atoms with Crippen LogP contribution in [0, 0.1) is 0 Å². The molecule has 0 aliphatic carbocycles. The molecule has 1 amide bonds. The van der Waals surface area contributed by atoms with Crippen molar-refractivity contribution in [2.24, 2.45) is 0 Å². The van der Waals surface area contributed by atoms with Crippen LogP contribution in [0.15, 0.2) is 53.4 Å².